The summed E-state index contributed by atoms with van der Waals surface area (Å²) in [5.74, 6) is 0. The summed E-state index contributed by atoms with van der Waals surface area (Å²) in [6.45, 7) is 2.58. The Bertz CT molecular complexity index is 759. The number of hydrogen-bond donors (Lipinski definition) is 1. The van der Waals surface area contributed by atoms with Gasteiger partial charge in [-0.05, 0) is 41.7 Å². The average molecular weight is 324 g/mol. The van der Waals surface area contributed by atoms with Gasteiger partial charge in [0.2, 0.25) is 0 Å². The molecule has 4 rings (SSSR count). The van der Waals surface area contributed by atoms with Gasteiger partial charge in [-0.25, -0.2) is 0 Å². The zero-order valence-corrected chi connectivity index (χ0v) is 13.4. The topological polar surface area (TPSA) is 64.4 Å². The molecule has 1 fully saturated rings. The minimum absolute atomic E-state index is 0.0208. The number of rotatable bonds is 2. The number of hydrogen-bond acceptors (Lipinski definition) is 4. The summed E-state index contributed by atoms with van der Waals surface area (Å²) < 4.78 is 6.01. The summed E-state index contributed by atoms with van der Waals surface area (Å²) in [5.41, 5.74) is 4.02. The lowest BCUT2D eigenvalue weighted by Crippen LogP contribution is -2.47. The van der Waals surface area contributed by atoms with Gasteiger partial charge in [0.05, 0.1) is 11.0 Å². The SMILES string of the molecule is O=[N+]([O-])c1ccc(C2CC3(CCO2)CNCc2ccccc23)cc1. The molecule has 1 saturated heterocycles. The van der Waals surface area contributed by atoms with Crippen LogP contribution in [0.5, 0.6) is 0 Å². The fraction of sp³-hybridized carbons (Fsp3) is 0.368. The summed E-state index contributed by atoms with van der Waals surface area (Å²) in [5, 5.41) is 14.4. The van der Waals surface area contributed by atoms with Gasteiger partial charge >= 0.3 is 0 Å². The van der Waals surface area contributed by atoms with E-state index in [1.807, 2.05) is 12.1 Å². The van der Waals surface area contributed by atoms with E-state index in [-0.39, 0.29) is 22.1 Å². The second kappa shape index (κ2) is 6.00. The van der Waals surface area contributed by atoms with Gasteiger partial charge in [-0.2, -0.15) is 0 Å². The van der Waals surface area contributed by atoms with Crippen LogP contribution in [0, 0.1) is 10.1 Å². The molecule has 2 aliphatic heterocycles. The smallest absolute Gasteiger partial charge is 0.269 e. The molecule has 2 heterocycles. The first kappa shape index (κ1) is 15.3. The number of nitrogens with zero attached hydrogens (tertiary/aromatic N) is 1. The van der Waals surface area contributed by atoms with Crippen LogP contribution in [-0.4, -0.2) is 18.1 Å². The van der Waals surface area contributed by atoms with Gasteiger partial charge in [0, 0.05) is 37.2 Å². The van der Waals surface area contributed by atoms with E-state index in [1.165, 1.54) is 11.1 Å². The van der Waals surface area contributed by atoms with Crippen molar-refractivity contribution in [1.29, 1.82) is 0 Å². The number of non-ortho nitro benzene ring substituents is 1. The molecule has 1 spiro atoms. The molecule has 0 saturated carbocycles. The first-order chi connectivity index (χ1) is 11.7. The van der Waals surface area contributed by atoms with Crippen LogP contribution in [0.15, 0.2) is 48.5 Å². The molecule has 2 aromatic rings. The molecule has 2 aromatic carbocycles. The first-order valence-electron chi connectivity index (χ1n) is 8.33. The quantitative estimate of drug-likeness (QED) is 0.678. The fourth-order valence-corrected chi connectivity index (χ4v) is 4.07. The predicted molar refractivity (Wildman–Crippen MR) is 90.9 cm³/mol. The number of nitrogens with one attached hydrogen (secondary N) is 1. The van der Waals surface area contributed by atoms with Crippen molar-refractivity contribution in [3.05, 3.63) is 75.3 Å². The maximum absolute atomic E-state index is 10.8. The lowest BCUT2D eigenvalue weighted by Gasteiger charge is -2.45. The lowest BCUT2D eigenvalue weighted by atomic mass is 9.68. The number of nitro benzene ring substituents is 1. The highest BCUT2D eigenvalue weighted by atomic mass is 16.6. The molecule has 5 nitrogen and oxygen atoms in total. The largest absolute Gasteiger partial charge is 0.373 e. The first-order valence-corrected chi connectivity index (χ1v) is 8.33. The molecular weight excluding hydrogens is 304 g/mol. The van der Waals surface area contributed by atoms with Crippen molar-refractivity contribution in [2.24, 2.45) is 0 Å². The van der Waals surface area contributed by atoms with Gasteiger partial charge in [-0.15, -0.1) is 0 Å². The third-order valence-electron chi connectivity index (χ3n) is 5.32. The molecule has 0 amide bonds. The van der Waals surface area contributed by atoms with Crippen LogP contribution in [-0.2, 0) is 16.7 Å². The Morgan fingerprint density at radius 2 is 1.96 bits per heavy atom. The number of nitro groups is 1. The van der Waals surface area contributed by atoms with Crippen LogP contribution in [0.1, 0.15) is 35.6 Å². The predicted octanol–water partition coefficient (Wildman–Crippen LogP) is 3.49. The number of fused-ring (bicyclic) bond motifs is 2. The number of benzene rings is 2. The summed E-state index contributed by atoms with van der Waals surface area (Å²) in [7, 11) is 0. The fourth-order valence-electron chi connectivity index (χ4n) is 4.07. The van der Waals surface area contributed by atoms with Crippen molar-refractivity contribution in [1.82, 2.24) is 5.32 Å². The van der Waals surface area contributed by atoms with Crippen molar-refractivity contribution < 1.29 is 9.66 Å². The Morgan fingerprint density at radius 3 is 2.75 bits per heavy atom. The minimum Gasteiger partial charge on any atom is -0.373 e. The summed E-state index contributed by atoms with van der Waals surface area (Å²) in [6.07, 6.45) is 1.88. The molecular formula is C19H20N2O3. The van der Waals surface area contributed by atoms with Gasteiger partial charge in [0.1, 0.15) is 0 Å². The van der Waals surface area contributed by atoms with Crippen molar-refractivity contribution >= 4 is 5.69 Å². The van der Waals surface area contributed by atoms with Gasteiger partial charge in [-0.1, -0.05) is 24.3 Å². The van der Waals surface area contributed by atoms with Crippen LogP contribution >= 0.6 is 0 Å². The zero-order chi connectivity index (χ0) is 16.6. The van der Waals surface area contributed by atoms with Crippen LogP contribution in [0.2, 0.25) is 0 Å². The summed E-state index contributed by atoms with van der Waals surface area (Å²) in [4.78, 5) is 10.5. The summed E-state index contributed by atoms with van der Waals surface area (Å²) in [6, 6.07) is 15.4. The molecule has 0 bridgehead atoms. The second-order valence-corrected chi connectivity index (χ2v) is 6.70. The molecule has 124 valence electrons. The van der Waals surface area contributed by atoms with E-state index in [0.717, 1.165) is 31.5 Å². The van der Waals surface area contributed by atoms with E-state index in [4.69, 9.17) is 4.74 Å². The Morgan fingerprint density at radius 1 is 1.17 bits per heavy atom. The van der Waals surface area contributed by atoms with Crippen LogP contribution < -0.4 is 5.32 Å². The average Bonchev–Trinajstić information content (AvgIpc) is 2.62. The van der Waals surface area contributed by atoms with E-state index in [2.05, 4.69) is 29.6 Å². The molecule has 0 radical (unpaired) electrons. The Labute approximate surface area is 140 Å². The Balaban J connectivity index is 1.64. The maximum atomic E-state index is 10.8. The highest BCUT2D eigenvalue weighted by molar-refractivity contribution is 5.39. The van der Waals surface area contributed by atoms with Crippen LogP contribution in [0.4, 0.5) is 5.69 Å². The van der Waals surface area contributed by atoms with Gasteiger partial charge in [0.15, 0.2) is 0 Å². The minimum atomic E-state index is -0.367. The van der Waals surface area contributed by atoms with Crippen molar-refractivity contribution in [2.75, 3.05) is 13.2 Å². The molecule has 1 N–H and O–H groups in total. The maximum Gasteiger partial charge on any atom is 0.269 e. The highest BCUT2D eigenvalue weighted by Gasteiger charge is 2.41. The third-order valence-corrected chi connectivity index (χ3v) is 5.32. The van der Waals surface area contributed by atoms with Crippen LogP contribution in [0.25, 0.3) is 0 Å². The molecule has 2 unspecified atom stereocenters. The molecule has 5 heteroatoms. The third kappa shape index (κ3) is 2.60. The van der Waals surface area contributed by atoms with Gasteiger partial charge < -0.3 is 10.1 Å². The molecule has 0 aliphatic carbocycles. The van der Waals surface area contributed by atoms with Crippen molar-refractivity contribution in [2.45, 2.75) is 30.9 Å². The van der Waals surface area contributed by atoms with E-state index < -0.39 is 0 Å². The standard InChI is InChI=1S/C19H20N2O3/c22-21(23)16-7-5-14(6-8-16)18-11-19(9-10-24-18)13-20-12-15-3-1-2-4-17(15)19/h1-8,18,20H,9-13H2. The summed E-state index contributed by atoms with van der Waals surface area (Å²) >= 11 is 0. The number of ether oxygens (including phenoxy) is 1. The van der Waals surface area contributed by atoms with Gasteiger partial charge in [-0.3, -0.25) is 10.1 Å². The van der Waals surface area contributed by atoms with E-state index in [0.29, 0.717) is 6.61 Å². The highest BCUT2D eigenvalue weighted by Crippen LogP contribution is 2.45. The van der Waals surface area contributed by atoms with Gasteiger partial charge in [0.25, 0.3) is 5.69 Å². The van der Waals surface area contributed by atoms with E-state index >= 15 is 0 Å². The van der Waals surface area contributed by atoms with E-state index in [9.17, 15) is 10.1 Å². The molecule has 24 heavy (non-hydrogen) atoms. The van der Waals surface area contributed by atoms with Crippen LogP contribution in [0.3, 0.4) is 0 Å². The monoisotopic (exact) mass is 324 g/mol. The lowest BCUT2D eigenvalue weighted by molar-refractivity contribution is -0.384. The Kier molecular flexibility index (Phi) is 3.82. The second-order valence-electron chi connectivity index (χ2n) is 6.70. The normalized spacial score (nSPS) is 26.1. The van der Waals surface area contributed by atoms with Crippen molar-refractivity contribution in [3.8, 4) is 0 Å². The molecule has 2 atom stereocenters. The Hall–Kier alpha value is -2.24. The molecule has 0 aromatic heterocycles. The van der Waals surface area contributed by atoms with Crippen molar-refractivity contribution in [3.63, 3.8) is 0 Å². The zero-order valence-electron chi connectivity index (χ0n) is 13.4. The molecule has 2 aliphatic rings. The van der Waals surface area contributed by atoms with E-state index in [1.54, 1.807) is 12.1 Å².